The Morgan fingerprint density at radius 2 is 1.95 bits per heavy atom. The summed E-state index contributed by atoms with van der Waals surface area (Å²) in [6.45, 7) is 8.66. The van der Waals surface area contributed by atoms with Crippen LogP contribution in [0.2, 0.25) is 0 Å². The number of anilines is 1. The SMILES string of the molecule is CCN(C(=O)c1ccc(C(C)C)nn1)c1cccc(C)c1. The molecule has 0 unspecified atom stereocenters. The maximum Gasteiger partial charge on any atom is 0.278 e. The summed E-state index contributed by atoms with van der Waals surface area (Å²) < 4.78 is 0. The van der Waals surface area contributed by atoms with Gasteiger partial charge in [0, 0.05) is 12.2 Å². The van der Waals surface area contributed by atoms with Crippen molar-refractivity contribution < 1.29 is 4.79 Å². The summed E-state index contributed by atoms with van der Waals surface area (Å²) in [5, 5.41) is 8.21. The van der Waals surface area contributed by atoms with E-state index in [9.17, 15) is 4.79 Å². The third-order valence-electron chi connectivity index (χ3n) is 3.37. The molecule has 2 rings (SSSR count). The van der Waals surface area contributed by atoms with Gasteiger partial charge in [-0.05, 0) is 49.6 Å². The molecular weight excluding hydrogens is 262 g/mol. The van der Waals surface area contributed by atoms with Gasteiger partial charge in [-0.3, -0.25) is 4.79 Å². The lowest BCUT2D eigenvalue weighted by atomic mass is 10.1. The Hall–Kier alpha value is -2.23. The largest absolute Gasteiger partial charge is 0.307 e. The van der Waals surface area contributed by atoms with Gasteiger partial charge in [-0.25, -0.2) is 0 Å². The molecule has 0 bridgehead atoms. The minimum atomic E-state index is -0.120. The number of nitrogens with zero attached hydrogens (tertiary/aromatic N) is 3. The normalized spacial score (nSPS) is 10.7. The quantitative estimate of drug-likeness (QED) is 0.861. The maximum absolute atomic E-state index is 12.6. The van der Waals surface area contributed by atoms with Crippen LogP contribution in [0.5, 0.6) is 0 Å². The van der Waals surface area contributed by atoms with Crippen molar-refractivity contribution >= 4 is 11.6 Å². The zero-order valence-corrected chi connectivity index (χ0v) is 13.0. The molecular formula is C17H21N3O. The van der Waals surface area contributed by atoms with Crippen LogP contribution >= 0.6 is 0 Å². The molecule has 1 amide bonds. The molecule has 0 N–H and O–H groups in total. The lowest BCUT2D eigenvalue weighted by Gasteiger charge is -2.21. The van der Waals surface area contributed by atoms with Crippen LogP contribution in [0.1, 0.15) is 48.4 Å². The molecule has 4 nitrogen and oxygen atoms in total. The van der Waals surface area contributed by atoms with Crippen LogP contribution < -0.4 is 4.90 Å². The van der Waals surface area contributed by atoms with Crippen LogP contribution in [-0.4, -0.2) is 22.6 Å². The Labute approximate surface area is 125 Å². The summed E-state index contributed by atoms with van der Waals surface area (Å²) in [5.41, 5.74) is 3.28. The lowest BCUT2D eigenvalue weighted by Crippen LogP contribution is -2.31. The highest BCUT2D eigenvalue weighted by molar-refractivity contribution is 6.04. The topological polar surface area (TPSA) is 46.1 Å². The fourth-order valence-corrected chi connectivity index (χ4v) is 2.14. The number of carbonyl (C=O) groups is 1. The van der Waals surface area contributed by atoms with Gasteiger partial charge in [-0.1, -0.05) is 26.0 Å². The molecule has 0 atom stereocenters. The van der Waals surface area contributed by atoms with E-state index in [0.29, 0.717) is 18.2 Å². The van der Waals surface area contributed by atoms with Crippen molar-refractivity contribution in [2.75, 3.05) is 11.4 Å². The van der Waals surface area contributed by atoms with Gasteiger partial charge < -0.3 is 4.90 Å². The van der Waals surface area contributed by atoms with Crippen LogP contribution in [0, 0.1) is 6.92 Å². The van der Waals surface area contributed by atoms with E-state index in [1.54, 1.807) is 11.0 Å². The van der Waals surface area contributed by atoms with E-state index in [1.165, 1.54) is 0 Å². The molecule has 4 heteroatoms. The molecule has 21 heavy (non-hydrogen) atoms. The van der Waals surface area contributed by atoms with Gasteiger partial charge >= 0.3 is 0 Å². The third kappa shape index (κ3) is 3.45. The molecule has 0 aliphatic rings. The van der Waals surface area contributed by atoms with Crippen LogP contribution in [0.3, 0.4) is 0 Å². The van der Waals surface area contributed by atoms with Crippen molar-refractivity contribution in [1.29, 1.82) is 0 Å². The van der Waals surface area contributed by atoms with Crippen molar-refractivity contribution in [2.24, 2.45) is 0 Å². The summed E-state index contributed by atoms with van der Waals surface area (Å²) in [7, 11) is 0. The Balaban J connectivity index is 2.28. The number of rotatable bonds is 4. The third-order valence-corrected chi connectivity index (χ3v) is 3.37. The highest BCUT2D eigenvalue weighted by atomic mass is 16.2. The molecule has 0 saturated heterocycles. The molecule has 110 valence electrons. The molecule has 1 aromatic heterocycles. The van der Waals surface area contributed by atoms with Crippen LogP contribution in [0.4, 0.5) is 5.69 Å². The number of hydrogen-bond donors (Lipinski definition) is 0. The number of carbonyl (C=O) groups excluding carboxylic acids is 1. The van der Waals surface area contributed by atoms with Crippen molar-refractivity contribution in [3.8, 4) is 0 Å². The predicted molar refractivity (Wildman–Crippen MR) is 84.7 cm³/mol. The number of benzene rings is 1. The average molecular weight is 283 g/mol. The molecule has 0 saturated carbocycles. The van der Waals surface area contributed by atoms with Crippen molar-refractivity contribution in [3.05, 3.63) is 53.3 Å². The monoisotopic (exact) mass is 283 g/mol. The van der Waals surface area contributed by atoms with E-state index in [-0.39, 0.29) is 5.91 Å². The van der Waals surface area contributed by atoms with Crippen LogP contribution in [0.15, 0.2) is 36.4 Å². The number of amides is 1. The van der Waals surface area contributed by atoms with Crippen LogP contribution in [0.25, 0.3) is 0 Å². The zero-order valence-electron chi connectivity index (χ0n) is 13.0. The van der Waals surface area contributed by atoms with E-state index in [4.69, 9.17) is 0 Å². The second kappa shape index (κ2) is 6.48. The molecule has 0 radical (unpaired) electrons. The first-order valence-corrected chi connectivity index (χ1v) is 7.25. The second-order valence-corrected chi connectivity index (χ2v) is 5.39. The standard InChI is InChI=1S/C17H21N3O/c1-5-20(14-8-6-7-13(4)11-14)17(21)16-10-9-15(12(2)3)18-19-16/h6-12H,5H2,1-4H3. The highest BCUT2D eigenvalue weighted by Gasteiger charge is 2.18. The molecule has 0 fully saturated rings. The Morgan fingerprint density at radius 1 is 1.19 bits per heavy atom. The van der Waals surface area contributed by atoms with Crippen LogP contribution in [-0.2, 0) is 0 Å². The molecule has 1 aromatic carbocycles. The first kappa shape index (κ1) is 15.2. The van der Waals surface area contributed by atoms with E-state index in [0.717, 1.165) is 16.9 Å². The molecule has 1 heterocycles. The van der Waals surface area contributed by atoms with E-state index < -0.39 is 0 Å². The van der Waals surface area contributed by atoms with E-state index >= 15 is 0 Å². The molecule has 0 aliphatic carbocycles. The fraction of sp³-hybridized carbons (Fsp3) is 0.353. The summed E-state index contributed by atoms with van der Waals surface area (Å²) in [6, 6.07) is 11.5. The van der Waals surface area contributed by atoms with Gasteiger partial charge in [-0.15, -0.1) is 5.10 Å². The van der Waals surface area contributed by atoms with Gasteiger partial charge in [0.05, 0.1) is 5.69 Å². The Bertz CT molecular complexity index is 620. The zero-order chi connectivity index (χ0) is 15.4. The minimum absolute atomic E-state index is 0.120. The van der Waals surface area contributed by atoms with Crippen molar-refractivity contribution in [2.45, 2.75) is 33.6 Å². The van der Waals surface area contributed by atoms with Gasteiger partial charge in [0.15, 0.2) is 5.69 Å². The molecule has 2 aromatic rings. The first-order chi connectivity index (χ1) is 10.0. The van der Waals surface area contributed by atoms with E-state index in [2.05, 4.69) is 24.0 Å². The average Bonchev–Trinajstić information content (AvgIpc) is 2.48. The molecule has 0 aliphatic heterocycles. The summed E-state index contributed by atoms with van der Waals surface area (Å²) >= 11 is 0. The fourth-order valence-electron chi connectivity index (χ4n) is 2.14. The predicted octanol–water partition coefficient (Wildman–Crippen LogP) is 3.58. The molecule has 0 spiro atoms. The number of aryl methyl sites for hydroxylation is 1. The first-order valence-electron chi connectivity index (χ1n) is 7.25. The van der Waals surface area contributed by atoms with Crippen molar-refractivity contribution in [3.63, 3.8) is 0 Å². The smallest absolute Gasteiger partial charge is 0.278 e. The van der Waals surface area contributed by atoms with Gasteiger partial charge in [0.1, 0.15) is 0 Å². The Kier molecular flexibility index (Phi) is 4.68. The van der Waals surface area contributed by atoms with Gasteiger partial charge in [0.2, 0.25) is 0 Å². The summed E-state index contributed by atoms with van der Waals surface area (Å²) in [6.07, 6.45) is 0. The van der Waals surface area contributed by atoms with Gasteiger partial charge in [0.25, 0.3) is 5.91 Å². The lowest BCUT2D eigenvalue weighted by molar-refractivity contribution is 0.0982. The summed E-state index contributed by atoms with van der Waals surface area (Å²) in [5.74, 6) is 0.187. The summed E-state index contributed by atoms with van der Waals surface area (Å²) in [4.78, 5) is 14.3. The minimum Gasteiger partial charge on any atom is -0.307 e. The maximum atomic E-state index is 12.6. The number of hydrogen-bond acceptors (Lipinski definition) is 3. The number of aromatic nitrogens is 2. The second-order valence-electron chi connectivity index (χ2n) is 5.39. The highest BCUT2D eigenvalue weighted by Crippen LogP contribution is 2.18. The van der Waals surface area contributed by atoms with Gasteiger partial charge in [-0.2, -0.15) is 5.10 Å². The Morgan fingerprint density at radius 3 is 2.48 bits per heavy atom. The van der Waals surface area contributed by atoms with E-state index in [1.807, 2.05) is 44.2 Å². The van der Waals surface area contributed by atoms with Crippen molar-refractivity contribution in [1.82, 2.24) is 10.2 Å².